The molecule has 26 heavy (non-hydrogen) atoms. The third kappa shape index (κ3) is 2.60. The van der Waals surface area contributed by atoms with Crippen molar-refractivity contribution in [3.8, 4) is 5.75 Å². The van der Waals surface area contributed by atoms with E-state index in [1.54, 1.807) is 12.1 Å². The highest BCUT2D eigenvalue weighted by Gasteiger charge is 2.33. The number of benzene rings is 2. The molecule has 5 nitrogen and oxygen atoms in total. The summed E-state index contributed by atoms with van der Waals surface area (Å²) in [7, 11) is -0.222. The lowest BCUT2D eigenvalue weighted by molar-refractivity contribution is 0.376. The zero-order valence-corrected chi connectivity index (χ0v) is 16.1. The summed E-state index contributed by atoms with van der Waals surface area (Å²) in [6.45, 7) is 0.768. The van der Waals surface area contributed by atoms with E-state index in [0.29, 0.717) is 30.3 Å². The number of sulfonamides is 1. The lowest BCUT2D eigenvalue weighted by Gasteiger charge is -2.27. The zero-order valence-electron chi connectivity index (χ0n) is 14.6. The van der Waals surface area contributed by atoms with E-state index >= 15 is 0 Å². The van der Waals surface area contributed by atoms with Crippen molar-refractivity contribution >= 4 is 32.5 Å². The number of aryl methyl sites for hydroxylation is 1. The van der Waals surface area contributed by atoms with Crippen LogP contribution in [0.15, 0.2) is 47.4 Å². The highest BCUT2D eigenvalue weighted by Crippen LogP contribution is 2.35. The van der Waals surface area contributed by atoms with E-state index in [2.05, 4.69) is 10.6 Å². The molecule has 0 amide bonds. The van der Waals surface area contributed by atoms with Crippen molar-refractivity contribution in [1.82, 2.24) is 8.87 Å². The molecule has 0 fully saturated rings. The van der Waals surface area contributed by atoms with Crippen LogP contribution in [0.5, 0.6) is 5.75 Å². The van der Waals surface area contributed by atoms with E-state index in [1.165, 1.54) is 23.2 Å². The Hall–Kier alpha value is -2.02. The van der Waals surface area contributed by atoms with E-state index in [9.17, 15) is 8.42 Å². The van der Waals surface area contributed by atoms with Gasteiger partial charge in [-0.3, -0.25) is 0 Å². The molecule has 0 aliphatic carbocycles. The second-order valence-corrected chi connectivity index (χ2v) is 8.73. The maximum absolute atomic E-state index is 13.3. The van der Waals surface area contributed by atoms with Crippen LogP contribution in [-0.4, -0.2) is 30.9 Å². The minimum absolute atomic E-state index is 0.108. The number of methoxy groups -OCH3 is 1. The summed E-state index contributed by atoms with van der Waals surface area (Å²) in [6, 6.07) is 12.8. The summed E-state index contributed by atoms with van der Waals surface area (Å²) >= 11 is 6.04. The number of hydrogen-bond donors (Lipinski definition) is 0. The Morgan fingerprint density at radius 3 is 2.69 bits per heavy atom. The maximum atomic E-state index is 13.3. The van der Waals surface area contributed by atoms with Crippen LogP contribution in [0.2, 0.25) is 5.02 Å². The van der Waals surface area contributed by atoms with Gasteiger partial charge in [0.05, 0.1) is 7.11 Å². The van der Waals surface area contributed by atoms with Crippen molar-refractivity contribution < 1.29 is 13.2 Å². The molecule has 1 aliphatic rings. The highest BCUT2D eigenvalue weighted by atomic mass is 35.5. The molecule has 1 aliphatic heterocycles. The van der Waals surface area contributed by atoms with Gasteiger partial charge in [0, 0.05) is 48.2 Å². The molecule has 0 saturated carbocycles. The Labute approximate surface area is 157 Å². The summed E-state index contributed by atoms with van der Waals surface area (Å²) in [5.74, 6) is 0.304. The average Bonchev–Trinajstić information content (AvgIpc) is 2.94. The quantitative estimate of drug-likeness (QED) is 0.686. The Kier molecular flexibility index (Phi) is 4.22. The molecule has 0 saturated heterocycles. The van der Waals surface area contributed by atoms with Crippen molar-refractivity contribution in [2.75, 3.05) is 13.7 Å². The SMILES string of the molecule is COc1ccc(Cl)cc1S(=O)(=O)N1CCc2c(c3ccccc3n2C)C1. The summed E-state index contributed by atoms with van der Waals surface area (Å²) in [5.41, 5.74) is 3.38. The predicted molar refractivity (Wildman–Crippen MR) is 102 cm³/mol. The van der Waals surface area contributed by atoms with Gasteiger partial charge in [0.15, 0.2) is 0 Å². The molecule has 0 bridgehead atoms. The fourth-order valence-corrected chi connectivity index (χ4v) is 5.53. The largest absolute Gasteiger partial charge is 0.495 e. The average molecular weight is 391 g/mol. The monoisotopic (exact) mass is 390 g/mol. The summed E-state index contributed by atoms with van der Waals surface area (Å²) in [5, 5.41) is 1.47. The van der Waals surface area contributed by atoms with Gasteiger partial charge in [0.2, 0.25) is 10.0 Å². The molecule has 1 aromatic heterocycles. The van der Waals surface area contributed by atoms with Crippen LogP contribution in [-0.2, 0) is 30.0 Å². The molecule has 2 aromatic carbocycles. The fourth-order valence-electron chi connectivity index (χ4n) is 3.70. The van der Waals surface area contributed by atoms with E-state index in [4.69, 9.17) is 16.3 Å². The van der Waals surface area contributed by atoms with Gasteiger partial charge in [0.25, 0.3) is 0 Å². The third-order valence-electron chi connectivity index (χ3n) is 5.02. The third-order valence-corrected chi connectivity index (χ3v) is 7.12. The van der Waals surface area contributed by atoms with Crippen LogP contribution in [0.3, 0.4) is 0 Å². The molecule has 0 spiro atoms. The first-order valence-electron chi connectivity index (χ1n) is 8.32. The van der Waals surface area contributed by atoms with Crippen LogP contribution in [0.4, 0.5) is 0 Å². The van der Waals surface area contributed by atoms with E-state index in [0.717, 1.165) is 16.5 Å². The highest BCUT2D eigenvalue weighted by molar-refractivity contribution is 7.89. The van der Waals surface area contributed by atoms with Gasteiger partial charge in [-0.15, -0.1) is 0 Å². The summed E-state index contributed by atoms with van der Waals surface area (Å²) in [6.07, 6.45) is 0.669. The number of nitrogens with zero attached hydrogens (tertiary/aromatic N) is 2. The standard InChI is InChI=1S/C19H19ClN2O3S/c1-21-16-6-4-3-5-14(16)15-12-22(10-9-17(15)21)26(23,24)19-11-13(20)7-8-18(19)25-2/h3-8,11H,9-10,12H2,1-2H3. The zero-order chi connectivity index (χ0) is 18.5. The number of halogens is 1. The van der Waals surface area contributed by atoms with Crippen LogP contribution < -0.4 is 4.74 Å². The van der Waals surface area contributed by atoms with E-state index < -0.39 is 10.0 Å². The van der Waals surface area contributed by atoms with E-state index in [1.807, 2.05) is 25.2 Å². The Balaban J connectivity index is 1.80. The molecule has 0 atom stereocenters. The molecule has 7 heteroatoms. The molecular formula is C19H19ClN2O3S. The molecule has 0 N–H and O–H groups in total. The number of ether oxygens (including phenoxy) is 1. The number of rotatable bonds is 3. The molecule has 3 aromatic rings. The number of fused-ring (bicyclic) bond motifs is 3. The van der Waals surface area contributed by atoms with Gasteiger partial charge in [0.1, 0.15) is 10.6 Å². The van der Waals surface area contributed by atoms with Gasteiger partial charge in [-0.05, 0) is 29.8 Å². The minimum atomic E-state index is -3.71. The summed E-state index contributed by atoms with van der Waals surface area (Å²) < 4.78 is 35.4. The van der Waals surface area contributed by atoms with Crippen molar-refractivity contribution in [2.45, 2.75) is 17.9 Å². The predicted octanol–water partition coefficient (Wildman–Crippen LogP) is 3.59. The number of aromatic nitrogens is 1. The van der Waals surface area contributed by atoms with Crippen molar-refractivity contribution in [3.63, 3.8) is 0 Å². The molecule has 4 rings (SSSR count). The minimum Gasteiger partial charge on any atom is -0.495 e. The molecule has 136 valence electrons. The first-order valence-corrected chi connectivity index (χ1v) is 10.1. The van der Waals surface area contributed by atoms with Crippen LogP contribution in [0.1, 0.15) is 11.3 Å². The molecular weight excluding hydrogens is 372 g/mol. The van der Waals surface area contributed by atoms with Crippen molar-refractivity contribution in [1.29, 1.82) is 0 Å². The normalized spacial score (nSPS) is 15.2. The Morgan fingerprint density at radius 2 is 1.92 bits per heavy atom. The Bertz CT molecular complexity index is 1110. The smallest absolute Gasteiger partial charge is 0.247 e. The summed E-state index contributed by atoms with van der Waals surface area (Å²) in [4.78, 5) is 0.108. The molecule has 0 radical (unpaired) electrons. The van der Waals surface area contributed by atoms with Gasteiger partial charge in [-0.2, -0.15) is 4.31 Å². The first-order chi connectivity index (χ1) is 12.4. The lowest BCUT2D eigenvalue weighted by Crippen LogP contribution is -2.36. The fraction of sp³-hybridized carbons (Fsp3) is 0.263. The number of para-hydroxylation sites is 1. The Morgan fingerprint density at radius 1 is 1.15 bits per heavy atom. The van der Waals surface area contributed by atoms with Gasteiger partial charge >= 0.3 is 0 Å². The van der Waals surface area contributed by atoms with Crippen molar-refractivity contribution in [2.24, 2.45) is 7.05 Å². The molecule has 0 unspecified atom stereocenters. The number of hydrogen-bond acceptors (Lipinski definition) is 3. The van der Waals surface area contributed by atoms with Crippen LogP contribution in [0.25, 0.3) is 10.9 Å². The topological polar surface area (TPSA) is 51.5 Å². The lowest BCUT2D eigenvalue weighted by atomic mass is 10.1. The second kappa shape index (κ2) is 6.30. The molecule has 2 heterocycles. The maximum Gasteiger partial charge on any atom is 0.247 e. The second-order valence-electron chi connectivity index (χ2n) is 6.39. The van der Waals surface area contributed by atoms with Gasteiger partial charge in [-0.1, -0.05) is 29.8 Å². The van der Waals surface area contributed by atoms with Crippen LogP contribution in [0, 0.1) is 0 Å². The van der Waals surface area contributed by atoms with E-state index in [-0.39, 0.29) is 4.90 Å². The van der Waals surface area contributed by atoms with Gasteiger partial charge < -0.3 is 9.30 Å². The first kappa shape index (κ1) is 17.4. The van der Waals surface area contributed by atoms with Crippen molar-refractivity contribution in [3.05, 3.63) is 58.7 Å². The van der Waals surface area contributed by atoms with Crippen LogP contribution >= 0.6 is 11.6 Å². The van der Waals surface area contributed by atoms with Gasteiger partial charge in [-0.25, -0.2) is 8.42 Å².